The molecule has 168 valence electrons. The maximum atomic E-state index is 13.7. The van der Waals surface area contributed by atoms with E-state index in [2.05, 4.69) is 0 Å². The number of quaternary nitrogens is 1. The minimum Gasteiger partial charge on any atom is -0.627 e. The van der Waals surface area contributed by atoms with E-state index in [4.69, 9.17) is 9.47 Å². The van der Waals surface area contributed by atoms with Crippen LogP contribution in [0.2, 0.25) is 0 Å². The van der Waals surface area contributed by atoms with Crippen molar-refractivity contribution in [2.24, 2.45) is 0 Å². The Bertz CT molecular complexity index is 1310. The quantitative estimate of drug-likeness (QED) is 0.313. The molecule has 0 aromatic heterocycles. The third-order valence-corrected chi connectivity index (χ3v) is 6.83. The highest BCUT2D eigenvalue weighted by Crippen LogP contribution is 2.57. The zero-order valence-electron chi connectivity index (χ0n) is 17.4. The van der Waals surface area contributed by atoms with Crippen LogP contribution in [0.5, 0.6) is 17.2 Å². The fraction of sp³-hybridized carbons (Fsp3) is 0.240. The first-order valence-corrected chi connectivity index (χ1v) is 10.7. The summed E-state index contributed by atoms with van der Waals surface area (Å²) >= 11 is 0. The van der Waals surface area contributed by atoms with Gasteiger partial charge in [-0.25, -0.2) is 13.6 Å². The van der Waals surface area contributed by atoms with E-state index in [1.165, 1.54) is 18.2 Å². The SMILES string of the molecule is O=C1OC2(c3ccc(O)cc3Oc3cc([N+]4([O-])CCC(F)(F)CC4)ccc32)c2ccccc21. The van der Waals surface area contributed by atoms with Crippen LogP contribution in [0.1, 0.15) is 39.9 Å². The lowest BCUT2D eigenvalue weighted by molar-refractivity contribution is -0.0456. The number of phenolic OH excluding ortho intramolecular Hbond substituents is 1. The maximum absolute atomic E-state index is 13.7. The van der Waals surface area contributed by atoms with E-state index in [-0.39, 0.29) is 30.3 Å². The maximum Gasteiger partial charge on any atom is 0.340 e. The van der Waals surface area contributed by atoms with E-state index < -0.39 is 35.0 Å². The number of esters is 1. The Morgan fingerprint density at radius 2 is 1.58 bits per heavy atom. The molecule has 0 saturated carbocycles. The number of phenols is 1. The lowest BCUT2D eigenvalue weighted by Crippen LogP contribution is -2.52. The Balaban J connectivity index is 1.54. The number of hydrogen-bond donors (Lipinski definition) is 1. The van der Waals surface area contributed by atoms with Gasteiger partial charge in [0.1, 0.15) is 22.9 Å². The number of aromatic hydroxyl groups is 1. The number of alkyl halides is 2. The van der Waals surface area contributed by atoms with Gasteiger partial charge in [0.05, 0.1) is 31.5 Å². The largest absolute Gasteiger partial charge is 0.627 e. The summed E-state index contributed by atoms with van der Waals surface area (Å²) in [7, 11) is 0. The first-order chi connectivity index (χ1) is 15.7. The Hall–Kier alpha value is -3.49. The molecule has 6 rings (SSSR count). The third-order valence-electron chi connectivity index (χ3n) is 6.83. The lowest BCUT2D eigenvalue weighted by Gasteiger charge is -2.47. The van der Waals surface area contributed by atoms with Gasteiger partial charge < -0.3 is 24.4 Å². The van der Waals surface area contributed by atoms with Gasteiger partial charge in [-0.2, -0.15) is 0 Å². The number of carbonyl (C=O) groups excluding carboxylic acids is 1. The topological polar surface area (TPSA) is 78.8 Å². The van der Waals surface area contributed by atoms with E-state index in [9.17, 15) is 23.9 Å². The van der Waals surface area contributed by atoms with Gasteiger partial charge in [-0.15, -0.1) is 0 Å². The van der Waals surface area contributed by atoms with E-state index in [0.29, 0.717) is 27.9 Å². The normalized spacial score (nSPS) is 23.8. The molecule has 1 atom stereocenters. The van der Waals surface area contributed by atoms with Gasteiger partial charge in [0.2, 0.25) is 0 Å². The fourth-order valence-corrected chi connectivity index (χ4v) is 5.09. The fourth-order valence-electron chi connectivity index (χ4n) is 5.09. The summed E-state index contributed by atoms with van der Waals surface area (Å²) in [5.41, 5.74) is 1.09. The van der Waals surface area contributed by atoms with Crippen molar-refractivity contribution < 1.29 is 28.2 Å². The van der Waals surface area contributed by atoms with Crippen LogP contribution in [0.4, 0.5) is 14.5 Å². The number of ether oxygens (including phenoxy) is 2. The smallest absolute Gasteiger partial charge is 0.340 e. The van der Waals surface area contributed by atoms with Crippen LogP contribution >= 0.6 is 0 Å². The molecule has 6 nitrogen and oxygen atoms in total. The van der Waals surface area contributed by atoms with Crippen LogP contribution in [0.15, 0.2) is 60.7 Å². The van der Waals surface area contributed by atoms with Crippen molar-refractivity contribution in [2.45, 2.75) is 24.4 Å². The van der Waals surface area contributed by atoms with Crippen molar-refractivity contribution in [3.05, 3.63) is 88.1 Å². The number of benzene rings is 3. The monoisotopic (exact) mass is 451 g/mol. The van der Waals surface area contributed by atoms with Crippen LogP contribution in [0, 0.1) is 5.21 Å². The van der Waals surface area contributed by atoms with Gasteiger partial charge in [-0.1, -0.05) is 18.2 Å². The molecule has 0 radical (unpaired) electrons. The molecule has 1 N–H and O–H groups in total. The number of rotatable bonds is 1. The molecule has 3 aliphatic heterocycles. The van der Waals surface area contributed by atoms with E-state index >= 15 is 0 Å². The highest BCUT2D eigenvalue weighted by Gasteiger charge is 2.54. The highest BCUT2D eigenvalue weighted by atomic mass is 19.3. The number of nitrogens with zero attached hydrogens (tertiary/aromatic N) is 1. The molecule has 3 aliphatic rings. The van der Waals surface area contributed by atoms with Crippen LogP contribution in [-0.4, -0.2) is 30.1 Å². The summed E-state index contributed by atoms with van der Waals surface area (Å²) in [5, 5.41) is 23.4. The summed E-state index contributed by atoms with van der Waals surface area (Å²) in [4.78, 5) is 12.8. The summed E-state index contributed by atoms with van der Waals surface area (Å²) in [6.45, 7) is -0.488. The van der Waals surface area contributed by atoms with Gasteiger partial charge in [-0.3, -0.25) is 0 Å². The van der Waals surface area contributed by atoms with Gasteiger partial charge in [0, 0.05) is 34.9 Å². The average molecular weight is 451 g/mol. The van der Waals surface area contributed by atoms with Crippen LogP contribution in [-0.2, 0) is 10.3 Å². The molecule has 1 fully saturated rings. The summed E-state index contributed by atoms with van der Waals surface area (Å²) in [5.74, 6) is -2.80. The number of carbonyl (C=O) groups is 1. The predicted molar refractivity (Wildman–Crippen MR) is 115 cm³/mol. The van der Waals surface area contributed by atoms with Gasteiger partial charge in [-0.05, 0) is 24.3 Å². The molecule has 1 spiro atoms. The second-order valence-corrected chi connectivity index (χ2v) is 8.77. The molecule has 3 heterocycles. The molecule has 3 aromatic carbocycles. The molecule has 1 unspecified atom stereocenters. The van der Waals surface area contributed by atoms with Crippen LogP contribution < -0.4 is 9.38 Å². The standard InChI is InChI=1S/C25H19F2NO5/c26-24(27)9-11-28(31,12-10-24)15-5-7-19-21(13-15)32-22-14-16(29)6-8-20(22)25(19)18-4-2-1-3-17(18)23(30)33-25/h1-8,13-14,29H,9-12H2. The van der Waals surface area contributed by atoms with Gasteiger partial charge in [0.15, 0.2) is 5.60 Å². The van der Waals surface area contributed by atoms with Crippen LogP contribution in [0.25, 0.3) is 0 Å². The molecule has 0 aliphatic carbocycles. The van der Waals surface area contributed by atoms with Crippen molar-refractivity contribution >= 4 is 11.7 Å². The number of piperidine rings is 1. The second-order valence-electron chi connectivity index (χ2n) is 8.77. The summed E-state index contributed by atoms with van der Waals surface area (Å²) < 4.78 is 38.5. The lowest BCUT2D eigenvalue weighted by atomic mass is 9.77. The Kier molecular flexibility index (Phi) is 3.98. The van der Waals surface area contributed by atoms with Gasteiger partial charge >= 0.3 is 5.97 Å². The number of fused-ring (bicyclic) bond motifs is 6. The zero-order chi connectivity index (χ0) is 23.0. The van der Waals surface area contributed by atoms with Crippen molar-refractivity contribution in [3.63, 3.8) is 0 Å². The minimum atomic E-state index is -2.83. The van der Waals surface area contributed by atoms with Crippen molar-refractivity contribution in [1.82, 2.24) is 4.65 Å². The van der Waals surface area contributed by atoms with Crippen molar-refractivity contribution in [1.29, 1.82) is 0 Å². The number of halogens is 2. The summed E-state index contributed by atoms with van der Waals surface area (Å²) in [6.07, 6.45) is -0.972. The predicted octanol–water partition coefficient (Wildman–Crippen LogP) is 5.19. The zero-order valence-corrected chi connectivity index (χ0v) is 17.4. The minimum absolute atomic E-state index is 0.0355. The van der Waals surface area contributed by atoms with Crippen LogP contribution in [0.3, 0.4) is 0 Å². The molecule has 33 heavy (non-hydrogen) atoms. The number of hydroxylamine groups is 2. The summed E-state index contributed by atoms with van der Waals surface area (Å²) in [6, 6.07) is 16.4. The Labute approximate surface area is 187 Å². The highest BCUT2D eigenvalue weighted by molar-refractivity contribution is 5.97. The molecule has 3 aromatic rings. The van der Waals surface area contributed by atoms with E-state index in [0.717, 1.165) is 0 Å². The van der Waals surface area contributed by atoms with E-state index in [1.807, 2.05) is 0 Å². The Morgan fingerprint density at radius 3 is 2.33 bits per heavy atom. The Morgan fingerprint density at radius 1 is 0.909 bits per heavy atom. The number of hydrogen-bond acceptors (Lipinski definition) is 5. The first kappa shape index (κ1) is 20.1. The molecule has 0 bridgehead atoms. The molecule has 0 amide bonds. The third kappa shape index (κ3) is 2.81. The molecular weight excluding hydrogens is 432 g/mol. The molecule has 8 heteroatoms. The van der Waals surface area contributed by atoms with Gasteiger partial charge in [0.25, 0.3) is 5.92 Å². The van der Waals surface area contributed by atoms with Crippen molar-refractivity contribution in [2.75, 3.05) is 13.1 Å². The van der Waals surface area contributed by atoms with Crippen molar-refractivity contribution in [3.8, 4) is 17.2 Å². The average Bonchev–Trinajstić information content (AvgIpc) is 3.09. The van der Waals surface area contributed by atoms with E-state index in [1.54, 1.807) is 42.5 Å². The second kappa shape index (κ2) is 6.52. The molecular formula is C25H19F2NO5. The first-order valence-electron chi connectivity index (χ1n) is 10.7. The molecule has 1 saturated heterocycles.